The molecule has 0 aliphatic rings. The molecule has 0 bridgehead atoms. The highest BCUT2D eigenvalue weighted by atomic mass is 16.5. The molecule has 0 N–H and O–H groups in total. The quantitative estimate of drug-likeness (QED) is 0.685. The molecule has 0 aliphatic carbocycles. The molecule has 0 unspecified atom stereocenters. The highest BCUT2D eigenvalue weighted by Crippen LogP contribution is 2.23. The van der Waals surface area contributed by atoms with E-state index < -0.39 is 0 Å². The molecule has 2 nitrogen and oxygen atoms in total. The maximum absolute atomic E-state index is 8.82. The van der Waals surface area contributed by atoms with Gasteiger partial charge >= 0.3 is 0 Å². The van der Waals surface area contributed by atoms with Crippen molar-refractivity contribution in [1.29, 1.82) is 5.26 Å². The van der Waals surface area contributed by atoms with Crippen molar-refractivity contribution in [1.82, 2.24) is 0 Å². The lowest BCUT2D eigenvalue weighted by atomic mass is 10.0. The van der Waals surface area contributed by atoms with Gasteiger partial charge in [0.1, 0.15) is 5.75 Å². The first kappa shape index (κ1) is 15.9. The molecule has 0 amide bonds. The summed E-state index contributed by atoms with van der Waals surface area (Å²) < 4.78 is 5.75. The molecule has 0 heterocycles. The Morgan fingerprint density at radius 1 is 1.05 bits per heavy atom. The van der Waals surface area contributed by atoms with E-state index >= 15 is 0 Å². The van der Waals surface area contributed by atoms with E-state index in [1.165, 1.54) is 5.57 Å². The Hall–Kier alpha value is -2.53. The van der Waals surface area contributed by atoms with Gasteiger partial charge in [0, 0.05) is 6.42 Å². The second kappa shape index (κ2) is 7.47. The Labute approximate surface area is 132 Å². The van der Waals surface area contributed by atoms with Gasteiger partial charge in [0.25, 0.3) is 0 Å². The normalized spacial score (nSPS) is 10.3. The van der Waals surface area contributed by atoms with E-state index in [0.717, 1.165) is 23.3 Å². The van der Waals surface area contributed by atoms with Gasteiger partial charge in [-0.2, -0.15) is 5.26 Å². The minimum Gasteiger partial charge on any atom is -0.493 e. The molecule has 0 radical (unpaired) electrons. The molecule has 0 spiro atoms. The van der Waals surface area contributed by atoms with E-state index in [1.807, 2.05) is 48.5 Å². The van der Waals surface area contributed by atoms with Gasteiger partial charge in [-0.3, -0.25) is 0 Å². The number of benzene rings is 2. The van der Waals surface area contributed by atoms with Gasteiger partial charge in [-0.25, -0.2) is 0 Å². The van der Waals surface area contributed by atoms with Gasteiger partial charge in [-0.05, 0) is 41.3 Å². The van der Waals surface area contributed by atoms with Crippen LogP contribution in [0.2, 0.25) is 0 Å². The molecule has 112 valence electrons. The maximum Gasteiger partial charge on any atom is 0.119 e. The smallest absolute Gasteiger partial charge is 0.119 e. The van der Waals surface area contributed by atoms with E-state index in [9.17, 15) is 0 Å². The molecule has 0 aromatic heterocycles. The summed E-state index contributed by atoms with van der Waals surface area (Å²) in [5.74, 6) is 1.37. The summed E-state index contributed by atoms with van der Waals surface area (Å²) in [5, 5.41) is 8.82. The third-order valence-corrected chi connectivity index (χ3v) is 3.71. The van der Waals surface area contributed by atoms with Crippen molar-refractivity contribution in [2.75, 3.05) is 6.61 Å². The van der Waals surface area contributed by atoms with Crippen LogP contribution in [0.1, 0.15) is 25.8 Å². The van der Waals surface area contributed by atoms with Crippen molar-refractivity contribution in [2.24, 2.45) is 5.92 Å². The van der Waals surface area contributed by atoms with Crippen LogP contribution in [0.3, 0.4) is 0 Å². The molecule has 0 aliphatic heterocycles. The minimum atomic E-state index is 0.502. The van der Waals surface area contributed by atoms with E-state index in [0.29, 0.717) is 18.1 Å². The Morgan fingerprint density at radius 2 is 1.59 bits per heavy atom. The van der Waals surface area contributed by atoms with Crippen LogP contribution in [0.15, 0.2) is 60.7 Å². The minimum absolute atomic E-state index is 0.502. The van der Waals surface area contributed by atoms with Crippen LogP contribution in [-0.2, 0) is 0 Å². The zero-order valence-corrected chi connectivity index (χ0v) is 13.2. The van der Waals surface area contributed by atoms with Gasteiger partial charge in [0.05, 0.1) is 18.2 Å². The van der Waals surface area contributed by atoms with Crippen LogP contribution in [0.25, 0.3) is 11.1 Å². The number of hydrogen-bond donors (Lipinski definition) is 0. The van der Waals surface area contributed by atoms with Crippen molar-refractivity contribution in [3.8, 4) is 22.9 Å². The van der Waals surface area contributed by atoms with Crippen molar-refractivity contribution in [3.63, 3.8) is 0 Å². The molecule has 0 fully saturated rings. The van der Waals surface area contributed by atoms with Gasteiger partial charge < -0.3 is 4.74 Å². The molecule has 2 aromatic carbocycles. The summed E-state index contributed by atoms with van der Waals surface area (Å²) in [6, 6.07) is 17.7. The van der Waals surface area contributed by atoms with Crippen LogP contribution in [-0.4, -0.2) is 6.61 Å². The second-order valence-corrected chi connectivity index (χ2v) is 5.62. The van der Waals surface area contributed by atoms with Crippen LogP contribution >= 0.6 is 0 Å². The number of nitrogens with zero attached hydrogens (tertiary/aromatic N) is 1. The number of rotatable bonds is 6. The summed E-state index contributed by atoms with van der Waals surface area (Å²) in [7, 11) is 0. The third-order valence-electron chi connectivity index (χ3n) is 3.71. The Bertz CT molecular complexity index is 660. The van der Waals surface area contributed by atoms with Crippen molar-refractivity contribution in [2.45, 2.75) is 20.3 Å². The molecule has 0 saturated carbocycles. The van der Waals surface area contributed by atoms with Crippen LogP contribution in [0.4, 0.5) is 0 Å². The molecule has 0 saturated heterocycles. The van der Waals surface area contributed by atoms with Crippen molar-refractivity contribution < 1.29 is 4.74 Å². The standard InChI is InChI=1S/C20H21NO/c1-15(2)16(3)12-13-22-20-10-8-19(9-11-20)18-6-4-17(14-21)5-7-18/h4-11,15H,3,12-13H2,1-2H3. The largest absolute Gasteiger partial charge is 0.493 e. The molecular weight excluding hydrogens is 270 g/mol. The molecular formula is C20H21NO. The topological polar surface area (TPSA) is 33.0 Å². The summed E-state index contributed by atoms with van der Waals surface area (Å²) in [6.07, 6.45) is 0.884. The highest BCUT2D eigenvalue weighted by Gasteiger charge is 2.02. The first-order valence-electron chi connectivity index (χ1n) is 7.51. The average Bonchev–Trinajstić information content (AvgIpc) is 2.55. The predicted molar refractivity (Wildman–Crippen MR) is 90.7 cm³/mol. The van der Waals surface area contributed by atoms with Crippen molar-refractivity contribution >= 4 is 0 Å². The van der Waals surface area contributed by atoms with Gasteiger partial charge in [-0.1, -0.05) is 50.3 Å². The first-order valence-corrected chi connectivity index (χ1v) is 7.51. The van der Waals surface area contributed by atoms with Gasteiger partial charge in [0.15, 0.2) is 0 Å². The monoisotopic (exact) mass is 291 g/mol. The van der Waals surface area contributed by atoms with Crippen molar-refractivity contribution in [3.05, 3.63) is 66.2 Å². The second-order valence-electron chi connectivity index (χ2n) is 5.62. The lowest BCUT2D eigenvalue weighted by molar-refractivity contribution is 0.318. The van der Waals surface area contributed by atoms with Crippen LogP contribution in [0.5, 0.6) is 5.75 Å². The maximum atomic E-state index is 8.82. The molecule has 0 atom stereocenters. The fourth-order valence-corrected chi connectivity index (χ4v) is 2.07. The Balaban J connectivity index is 1.95. The van der Waals surface area contributed by atoms with Crippen LogP contribution < -0.4 is 4.74 Å². The fraction of sp³-hybridized carbons (Fsp3) is 0.250. The number of ether oxygens (including phenoxy) is 1. The number of hydrogen-bond acceptors (Lipinski definition) is 2. The van der Waals surface area contributed by atoms with Crippen LogP contribution in [0, 0.1) is 17.2 Å². The summed E-state index contributed by atoms with van der Waals surface area (Å²) in [5.41, 5.74) is 4.10. The molecule has 2 rings (SSSR count). The summed E-state index contributed by atoms with van der Waals surface area (Å²) in [6.45, 7) is 9.01. The Morgan fingerprint density at radius 3 is 2.09 bits per heavy atom. The molecule has 22 heavy (non-hydrogen) atoms. The zero-order chi connectivity index (χ0) is 15.9. The van der Waals surface area contributed by atoms with Gasteiger partial charge in [-0.15, -0.1) is 0 Å². The van der Waals surface area contributed by atoms with E-state index in [2.05, 4.69) is 26.5 Å². The summed E-state index contributed by atoms with van der Waals surface area (Å²) >= 11 is 0. The SMILES string of the molecule is C=C(CCOc1ccc(-c2ccc(C#N)cc2)cc1)C(C)C. The predicted octanol–water partition coefficient (Wildman–Crippen LogP) is 5.21. The summed E-state index contributed by atoms with van der Waals surface area (Å²) in [4.78, 5) is 0. The molecule has 2 aromatic rings. The highest BCUT2D eigenvalue weighted by molar-refractivity contribution is 5.64. The van der Waals surface area contributed by atoms with E-state index in [1.54, 1.807) is 0 Å². The van der Waals surface area contributed by atoms with E-state index in [4.69, 9.17) is 10.00 Å². The van der Waals surface area contributed by atoms with E-state index in [-0.39, 0.29) is 0 Å². The Kier molecular flexibility index (Phi) is 5.38. The first-order chi connectivity index (χ1) is 10.6. The lowest BCUT2D eigenvalue weighted by Gasteiger charge is -2.11. The average molecular weight is 291 g/mol. The fourth-order valence-electron chi connectivity index (χ4n) is 2.07. The lowest BCUT2D eigenvalue weighted by Crippen LogP contribution is -2.02. The third kappa shape index (κ3) is 4.23. The zero-order valence-electron chi connectivity index (χ0n) is 13.2. The molecule has 2 heteroatoms. The van der Waals surface area contributed by atoms with Gasteiger partial charge in [0.2, 0.25) is 0 Å². The number of nitriles is 1.